The molecule has 0 saturated heterocycles. The first-order valence-corrected chi connectivity index (χ1v) is 10.1. The Morgan fingerprint density at radius 2 is 1.74 bits per heavy atom. The van der Waals surface area contributed by atoms with Gasteiger partial charge in [-0.3, -0.25) is 4.98 Å². The van der Waals surface area contributed by atoms with Crippen molar-refractivity contribution in [3.8, 4) is 10.4 Å². The predicted molar refractivity (Wildman–Crippen MR) is 105 cm³/mol. The molecule has 14 heteroatoms. The molecular weight excluding hydrogens is 491 g/mol. The first-order chi connectivity index (χ1) is 15.9. The maximum Gasteiger partial charge on any atom is 0.425 e. The number of tetrazole rings is 1. The molecule has 0 amide bonds. The van der Waals surface area contributed by atoms with Crippen LogP contribution in [0.25, 0.3) is 10.4 Å². The van der Waals surface area contributed by atoms with Gasteiger partial charge in [0, 0.05) is 28.3 Å². The molecule has 0 aliphatic carbocycles. The number of benzene rings is 1. The molecule has 1 aromatic carbocycles. The molecule has 1 atom stereocenters. The van der Waals surface area contributed by atoms with Crippen LogP contribution in [0.4, 0.5) is 30.7 Å². The number of hydrogen-bond donors (Lipinski definition) is 1. The zero-order valence-electron chi connectivity index (χ0n) is 16.6. The number of nitrogens with zero attached hydrogens (tertiary/aromatic N) is 5. The van der Waals surface area contributed by atoms with Gasteiger partial charge in [-0.1, -0.05) is 0 Å². The highest BCUT2D eigenvalue weighted by atomic mass is 32.1. The Morgan fingerprint density at radius 3 is 2.29 bits per heavy atom. The van der Waals surface area contributed by atoms with Crippen LogP contribution in [0.1, 0.15) is 16.1 Å². The second kappa shape index (κ2) is 8.43. The van der Waals surface area contributed by atoms with Crippen LogP contribution in [0.3, 0.4) is 0 Å². The van der Waals surface area contributed by atoms with Crippen molar-refractivity contribution in [1.82, 2.24) is 25.2 Å². The number of thiophene rings is 1. The molecule has 178 valence electrons. The van der Waals surface area contributed by atoms with E-state index < -0.39 is 52.0 Å². The Morgan fingerprint density at radius 1 is 0.971 bits per heavy atom. The number of aliphatic hydroxyl groups is 1. The van der Waals surface area contributed by atoms with E-state index in [9.17, 15) is 27.1 Å². The molecule has 3 aromatic heterocycles. The average Bonchev–Trinajstić information content (AvgIpc) is 3.45. The van der Waals surface area contributed by atoms with Crippen molar-refractivity contribution in [2.75, 3.05) is 0 Å². The van der Waals surface area contributed by atoms with E-state index in [4.69, 9.17) is 0 Å². The molecule has 3 heterocycles. The highest BCUT2D eigenvalue weighted by Gasteiger charge is 2.58. The normalized spacial score (nSPS) is 14.2. The van der Waals surface area contributed by atoms with Crippen LogP contribution >= 0.6 is 11.3 Å². The molecule has 1 unspecified atom stereocenters. The van der Waals surface area contributed by atoms with Gasteiger partial charge in [-0.2, -0.15) is 22.0 Å². The summed E-state index contributed by atoms with van der Waals surface area (Å²) in [6.45, 7) is -1.03. The van der Waals surface area contributed by atoms with Gasteiger partial charge in [0.2, 0.25) is 0 Å². The van der Waals surface area contributed by atoms with E-state index in [0.717, 1.165) is 35.4 Å². The third-order valence-corrected chi connectivity index (χ3v) is 6.11. The van der Waals surface area contributed by atoms with Crippen LogP contribution in [0.5, 0.6) is 0 Å². The van der Waals surface area contributed by atoms with Gasteiger partial charge >= 0.3 is 12.1 Å². The van der Waals surface area contributed by atoms with E-state index >= 15 is 8.78 Å². The van der Waals surface area contributed by atoms with Crippen molar-refractivity contribution in [3.63, 3.8) is 0 Å². The van der Waals surface area contributed by atoms with Crippen LogP contribution in [0.15, 0.2) is 55.0 Å². The van der Waals surface area contributed by atoms with Gasteiger partial charge < -0.3 is 5.11 Å². The summed E-state index contributed by atoms with van der Waals surface area (Å²) in [5.41, 5.74) is -5.14. The fourth-order valence-corrected chi connectivity index (χ4v) is 4.11. The summed E-state index contributed by atoms with van der Waals surface area (Å²) in [5.74, 6) is -6.76. The Balaban J connectivity index is 1.75. The van der Waals surface area contributed by atoms with Gasteiger partial charge in [-0.25, -0.2) is 13.5 Å². The number of aromatic nitrogens is 5. The van der Waals surface area contributed by atoms with Crippen molar-refractivity contribution >= 4 is 11.3 Å². The SMILES string of the molecule is OC(Cn1cnnn1)(c1ccc(F)cc1F)C(F)(F)c1ccc(-c2ccc(C(F)(F)F)s2)cn1. The molecule has 0 saturated carbocycles. The summed E-state index contributed by atoms with van der Waals surface area (Å²) in [6.07, 6.45) is -2.74. The van der Waals surface area contributed by atoms with E-state index in [1.807, 2.05) is 0 Å². The highest BCUT2D eigenvalue weighted by Crippen LogP contribution is 2.47. The van der Waals surface area contributed by atoms with E-state index in [0.29, 0.717) is 29.5 Å². The molecule has 6 nitrogen and oxygen atoms in total. The zero-order valence-corrected chi connectivity index (χ0v) is 17.5. The first-order valence-electron chi connectivity index (χ1n) is 9.32. The average molecular weight is 503 g/mol. The summed E-state index contributed by atoms with van der Waals surface area (Å²) < 4.78 is 98.5. The molecule has 0 aliphatic rings. The summed E-state index contributed by atoms with van der Waals surface area (Å²) in [4.78, 5) is 2.88. The van der Waals surface area contributed by atoms with Crippen molar-refractivity contribution in [2.24, 2.45) is 0 Å². The topological polar surface area (TPSA) is 76.7 Å². The summed E-state index contributed by atoms with van der Waals surface area (Å²) in [5, 5.41) is 21.1. The van der Waals surface area contributed by atoms with Crippen LogP contribution in [0.2, 0.25) is 0 Å². The maximum absolute atomic E-state index is 15.7. The van der Waals surface area contributed by atoms with E-state index in [-0.39, 0.29) is 10.4 Å². The third-order valence-electron chi connectivity index (χ3n) is 4.93. The van der Waals surface area contributed by atoms with Crippen LogP contribution in [-0.4, -0.2) is 30.3 Å². The van der Waals surface area contributed by atoms with Gasteiger partial charge in [-0.15, -0.1) is 16.4 Å². The smallest absolute Gasteiger partial charge is 0.377 e. The van der Waals surface area contributed by atoms with Crippen LogP contribution in [0, 0.1) is 11.6 Å². The van der Waals surface area contributed by atoms with Crippen molar-refractivity contribution in [2.45, 2.75) is 24.2 Å². The van der Waals surface area contributed by atoms with Gasteiger partial charge in [0.25, 0.3) is 0 Å². The van der Waals surface area contributed by atoms with Crippen molar-refractivity contribution in [3.05, 3.63) is 82.8 Å². The molecule has 0 aliphatic heterocycles. The lowest BCUT2D eigenvalue weighted by Gasteiger charge is -2.35. The van der Waals surface area contributed by atoms with Crippen LogP contribution < -0.4 is 0 Å². The standard InChI is InChI=1S/C20H12F7N5OS/c21-12-2-3-13(14(22)7-12)18(33,9-32-10-29-30-31-32)19(23,24)16-5-1-11(8-28-16)15-4-6-17(34-15)20(25,26)27/h1-8,10,33H,9H2. The second-order valence-corrected chi connectivity index (χ2v) is 8.24. The minimum absolute atomic E-state index is 0.122. The number of halogens is 7. The number of rotatable bonds is 6. The predicted octanol–water partition coefficient (Wildman–Crippen LogP) is 4.77. The minimum atomic E-state index is -4.56. The quantitative estimate of drug-likeness (QED) is 0.384. The Hall–Kier alpha value is -3.39. The zero-order chi connectivity index (χ0) is 24.7. The van der Waals surface area contributed by atoms with E-state index in [2.05, 4.69) is 20.5 Å². The second-order valence-electron chi connectivity index (χ2n) is 7.16. The molecule has 0 bridgehead atoms. The Kier molecular flexibility index (Phi) is 5.89. The lowest BCUT2D eigenvalue weighted by molar-refractivity contribution is -0.207. The van der Waals surface area contributed by atoms with E-state index in [1.165, 1.54) is 6.07 Å². The minimum Gasteiger partial charge on any atom is -0.377 e. The molecule has 4 aromatic rings. The fourth-order valence-electron chi connectivity index (χ4n) is 3.25. The third kappa shape index (κ3) is 4.25. The molecule has 34 heavy (non-hydrogen) atoms. The van der Waals surface area contributed by atoms with Gasteiger partial charge in [0.15, 0.2) is 5.60 Å². The first kappa shape index (κ1) is 23.8. The maximum atomic E-state index is 15.7. The summed E-state index contributed by atoms with van der Waals surface area (Å²) >= 11 is 0.402. The molecule has 0 fully saturated rings. The van der Waals surface area contributed by atoms with Crippen molar-refractivity contribution < 1.29 is 35.8 Å². The highest BCUT2D eigenvalue weighted by molar-refractivity contribution is 7.15. The molecule has 0 spiro atoms. The number of alkyl halides is 5. The molecule has 0 radical (unpaired) electrons. The Bertz CT molecular complexity index is 1290. The summed E-state index contributed by atoms with van der Waals surface area (Å²) in [6, 6.07) is 5.62. The molecule has 4 rings (SSSR count). The van der Waals surface area contributed by atoms with Crippen LogP contribution in [-0.2, 0) is 24.2 Å². The fraction of sp³-hybridized carbons (Fsp3) is 0.200. The van der Waals surface area contributed by atoms with Gasteiger partial charge in [0.1, 0.15) is 28.5 Å². The molecule has 1 N–H and O–H groups in total. The summed E-state index contributed by atoms with van der Waals surface area (Å²) in [7, 11) is 0. The molecular formula is C20H12F7N5OS. The lowest BCUT2D eigenvalue weighted by Crippen LogP contribution is -2.48. The Labute approximate surface area is 190 Å². The van der Waals surface area contributed by atoms with Gasteiger partial charge in [0.05, 0.1) is 6.54 Å². The lowest BCUT2D eigenvalue weighted by atomic mass is 9.84. The van der Waals surface area contributed by atoms with Crippen molar-refractivity contribution in [1.29, 1.82) is 0 Å². The monoisotopic (exact) mass is 503 g/mol. The van der Waals surface area contributed by atoms with E-state index in [1.54, 1.807) is 0 Å². The van der Waals surface area contributed by atoms with Gasteiger partial charge in [-0.05, 0) is 46.8 Å². The number of pyridine rings is 1. The largest absolute Gasteiger partial charge is 0.425 e. The number of hydrogen-bond acceptors (Lipinski definition) is 6.